The van der Waals surface area contributed by atoms with Crippen LogP contribution in [0.2, 0.25) is 0 Å². The summed E-state index contributed by atoms with van der Waals surface area (Å²) < 4.78 is 95.2. The molecule has 14 rings (SSSR count). The van der Waals surface area contributed by atoms with Gasteiger partial charge in [0.1, 0.15) is 36.6 Å². The molecule has 0 aromatic rings. The van der Waals surface area contributed by atoms with Gasteiger partial charge in [-0.2, -0.15) is 0 Å². The minimum Gasteiger partial charge on any atom is -0.459 e. The number of fused-ring (bicyclic) bond motifs is 13. The molecule has 14 saturated heterocycles. The molecular formula is C56H79IO18. The van der Waals surface area contributed by atoms with Crippen LogP contribution in [-0.2, 0) is 71.1 Å². The van der Waals surface area contributed by atoms with Crippen molar-refractivity contribution >= 4 is 28.6 Å². The van der Waals surface area contributed by atoms with Crippen molar-refractivity contribution in [3.05, 3.63) is 24.3 Å². The van der Waals surface area contributed by atoms with Gasteiger partial charge in [-0.25, -0.2) is 0 Å². The zero-order chi connectivity index (χ0) is 51.3. The molecular weight excluding hydrogens is 1090 g/mol. The Kier molecular flexibility index (Phi) is 13.8. The van der Waals surface area contributed by atoms with E-state index in [1.165, 1.54) is 0 Å². The van der Waals surface area contributed by atoms with Gasteiger partial charge in [-0.05, 0) is 74.3 Å². The lowest BCUT2D eigenvalue weighted by Crippen LogP contribution is -2.63. The molecule has 0 saturated carbocycles. The number of hydrogen-bond donors (Lipinski definition) is 3. The van der Waals surface area contributed by atoms with Crippen LogP contribution in [0.5, 0.6) is 0 Å². The van der Waals surface area contributed by atoms with Crippen molar-refractivity contribution in [3.63, 3.8) is 0 Å². The fourth-order valence-corrected chi connectivity index (χ4v) is 17.7. The van der Waals surface area contributed by atoms with Crippen LogP contribution in [0.15, 0.2) is 24.3 Å². The number of aliphatic hydroxyl groups is 3. The largest absolute Gasteiger partial charge is 0.459 e. The molecule has 29 atom stereocenters. The van der Waals surface area contributed by atoms with Gasteiger partial charge in [0, 0.05) is 64.2 Å². The standard InChI is InChI=1S/C56H79IO18/c1-25-13-29-5-7-34-26(2)14-31(62-34)9-11-55-21-33(60)50(74-55)52-48(57)53(75-55)51-36(68-52)8-6-30(64-51)15-47(61)67-41-18-39-40(65-38(41)17-37(63-29)28(25)4)19-42-44(66-39)22-56(71-42)23-45-35(70-56)10-12-54(73-45)20-27(3)49-43(72-54)16-32(59)46(24-58)69-49/h25,27,29-46,48-53,58-60H,2,4-24H2,1,3H3/t25-,27+,29+,30-,31+,32-,33?,34+,35+,36+,37-,38+,39?,40+,41-,42-,43+,44?,45+,46-,48-,49+,50?,51+,52-,53-,54+,55+,56-/m1/s1. The number of hydrogen-bond acceptors (Lipinski definition) is 18. The molecule has 0 radical (unpaired) electrons. The molecule has 3 spiro atoms. The number of carbonyl (C=O) groups excluding carboxylic acids is 1. The van der Waals surface area contributed by atoms with E-state index >= 15 is 0 Å². The van der Waals surface area contributed by atoms with Gasteiger partial charge in [0.2, 0.25) is 0 Å². The smallest absolute Gasteiger partial charge is 0.308 e. The van der Waals surface area contributed by atoms with E-state index in [0.29, 0.717) is 83.5 Å². The fraction of sp³-hybridized carbons (Fsp3) is 0.911. The van der Waals surface area contributed by atoms with E-state index in [2.05, 4.69) is 49.6 Å². The molecule has 3 N–H and O–H groups in total. The zero-order valence-corrected chi connectivity index (χ0v) is 45.6. The summed E-state index contributed by atoms with van der Waals surface area (Å²) in [4.78, 5) is 14.4. The van der Waals surface area contributed by atoms with Gasteiger partial charge in [-0.1, -0.05) is 49.6 Å². The maximum Gasteiger partial charge on any atom is 0.308 e. The Morgan fingerprint density at radius 1 is 0.520 bits per heavy atom. The molecule has 14 aliphatic rings. The van der Waals surface area contributed by atoms with Gasteiger partial charge in [-0.15, -0.1) is 0 Å². The molecule has 14 aliphatic heterocycles. The van der Waals surface area contributed by atoms with E-state index in [1.807, 2.05) is 0 Å². The number of alkyl halides is 1. The summed E-state index contributed by atoms with van der Waals surface area (Å²) in [6.07, 6.45) is 3.05. The van der Waals surface area contributed by atoms with Crippen LogP contribution in [0.25, 0.3) is 0 Å². The van der Waals surface area contributed by atoms with Gasteiger partial charge in [0.25, 0.3) is 0 Å². The number of aliphatic hydroxyl groups excluding tert-OH is 3. The average molecular weight is 1170 g/mol. The molecule has 75 heavy (non-hydrogen) atoms. The minimum atomic E-state index is -1.01. The van der Waals surface area contributed by atoms with E-state index in [9.17, 15) is 20.1 Å². The van der Waals surface area contributed by atoms with Gasteiger partial charge in [0.05, 0.1) is 121 Å². The van der Waals surface area contributed by atoms with E-state index in [-0.39, 0.29) is 126 Å². The molecule has 418 valence electrons. The normalized spacial score (nSPS) is 57.5. The van der Waals surface area contributed by atoms with Crippen molar-refractivity contribution in [1.29, 1.82) is 0 Å². The van der Waals surface area contributed by atoms with Crippen LogP contribution in [0, 0.1) is 11.8 Å². The van der Waals surface area contributed by atoms with Crippen LogP contribution < -0.4 is 0 Å². The summed E-state index contributed by atoms with van der Waals surface area (Å²) in [6, 6.07) is 0. The van der Waals surface area contributed by atoms with Crippen molar-refractivity contribution in [1.82, 2.24) is 0 Å². The topological polar surface area (TPSA) is 207 Å². The lowest BCUT2D eigenvalue weighted by Gasteiger charge is -2.53. The van der Waals surface area contributed by atoms with Crippen molar-refractivity contribution in [2.24, 2.45) is 11.8 Å². The average Bonchev–Trinajstić information content (AvgIpc) is 4.13. The predicted octanol–water partition coefficient (Wildman–Crippen LogP) is 5.08. The highest BCUT2D eigenvalue weighted by molar-refractivity contribution is 14.1. The monoisotopic (exact) mass is 1170 g/mol. The molecule has 0 amide bonds. The number of carbonyl (C=O) groups is 1. The molecule has 14 fully saturated rings. The molecule has 18 nitrogen and oxygen atoms in total. The first-order chi connectivity index (χ1) is 36.1. The summed E-state index contributed by atoms with van der Waals surface area (Å²) in [7, 11) is 0. The van der Waals surface area contributed by atoms with Crippen LogP contribution in [0.3, 0.4) is 0 Å². The number of halogens is 1. The van der Waals surface area contributed by atoms with E-state index in [0.717, 1.165) is 43.3 Å². The number of esters is 1. The Balaban J connectivity index is 0.684. The molecule has 10 bridgehead atoms. The van der Waals surface area contributed by atoms with E-state index < -0.39 is 66.2 Å². The van der Waals surface area contributed by atoms with Crippen molar-refractivity contribution in [2.45, 2.75) is 298 Å². The Bertz CT molecular complexity index is 2190. The van der Waals surface area contributed by atoms with Gasteiger partial charge < -0.3 is 81.6 Å². The third kappa shape index (κ3) is 9.49. The Morgan fingerprint density at radius 3 is 2.07 bits per heavy atom. The number of ether oxygens (including phenoxy) is 14. The lowest BCUT2D eigenvalue weighted by molar-refractivity contribution is -0.365. The summed E-state index contributed by atoms with van der Waals surface area (Å²) in [5.41, 5.74) is 2.12. The van der Waals surface area contributed by atoms with E-state index in [1.54, 1.807) is 0 Å². The summed E-state index contributed by atoms with van der Waals surface area (Å²) in [5, 5.41) is 31.9. The highest BCUT2D eigenvalue weighted by Gasteiger charge is 2.65. The van der Waals surface area contributed by atoms with Crippen LogP contribution in [-0.4, -0.2) is 190 Å². The second-order valence-electron chi connectivity index (χ2n) is 25.5. The molecule has 4 unspecified atom stereocenters. The van der Waals surface area contributed by atoms with Gasteiger partial charge in [-0.3, -0.25) is 4.79 Å². The third-order valence-corrected chi connectivity index (χ3v) is 21.7. The van der Waals surface area contributed by atoms with Crippen molar-refractivity contribution in [3.8, 4) is 0 Å². The number of rotatable bonds is 1. The van der Waals surface area contributed by atoms with Crippen molar-refractivity contribution in [2.75, 3.05) is 6.61 Å². The molecule has 0 aliphatic carbocycles. The van der Waals surface area contributed by atoms with Crippen LogP contribution in [0.1, 0.15) is 136 Å². The molecule has 0 aromatic heterocycles. The van der Waals surface area contributed by atoms with Crippen LogP contribution in [0.4, 0.5) is 0 Å². The molecule has 0 aromatic carbocycles. The first kappa shape index (κ1) is 52.1. The predicted molar refractivity (Wildman–Crippen MR) is 269 cm³/mol. The zero-order valence-electron chi connectivity index (χ0n) is 43.4. The van der Waals surface area contributed by atoms with Crippen molar-refractivity contribution < 1.29 is 86.4 Å². The Morgan fingerprint density at radius 2 is 1.21 bits per heavy atom. The third-order valence-electron chi connectivity index (χ3n) is 20.3. The van der Waals surface area contributed by atoms with Crippen LogP contribution >= 0.6 is 22.6 Å². The first-order valence-electron chi connectivity index (χ1n) is 28.9. The summed E-state index contributed by atoms with van der Waals surface area (Å²) in [5.74, 6) is -2.74. The summed E-state index contributed by atoms with van der Waals surface area (Å²) >= 11 is 2.39. The molecule has 14 heterocycles. The molecule has 19 heteroatoms. The first-order valence-corrected chi connectivity index (χ1v) is 30.2. The SMILES string of the molecule is C=C1C[C@@H]2CC[C@]34CC(O)C(O3)[C@@H]3O[C@H]5CC[C@H](CC(=O)O[C@@H]6CC7OC8C[C@]9(C[C@@H]%10O[C@@]%11(CC[C@@H]%10O9)C[C@H](C)[C@@H]9O[C@H](CO)[C@H](O)C[C@@H]9O%11)O[C@@H]8C[C@@H]7O[C@H]6C[C@H]6O[C@@H](CC[C@@H]1O2)C[C@@H](C)C6=C)O[C@@H]5[C@H](O4)[C@@H]3I. The minimum absolute atomic E-state index is 0.0256. The van der Waals surface area contributed by atoms with Gasteiger partial charge >= 0.3 is 5.97 Å². The quantitative estimate of drug-likeness (QED) is 0.136. The maximum absolute atomic E-state index is 14.4. The van der Waals surface area contributed by atoms with Gasteiger partial charge in [0.15, 0.2) is 17.4 Å². The Labute approximate surface area is 453 Å². The second kappa shape index (κ2) is 19.9. The Hall–Kier alpha value is -0.960. The summed E-state index contributed by atoms with van der Waals surface area (Å²) in [6.45, 7) is 13.2. The van der Waals surface area contributed by atoms with E-state index in [4.69, 9.17) is 66.3 Å². The lowest BCUT2D eigenvalue weighted by atomic mass is 9.81. The fourth-order valence-electron chi connectivity index (χ4n) is 16.6. The second-order valence-corrected chi connectivity index (χ2v) is 26.9. The maximum atomic E-state index is 14.4. The highest BCUT2D eigenvalue weighted by atomic mass is 127. The highest BCUT2D eigenvalue weighted by Crippen LogP contribution is 2.55.